The van der Waals surface area contributed by atoms with Crippen LogP contribution < -0.4 is 0 Å². The van der Waals surface area contributed by atoms with E-state index in [0.717, 1.165) is 14.2 Å². The number of amides is 6. The van der Waals surface area contributed by atoms with Gasteiger partial charge >= 0.3 is 12.2 Å². The minimum atomic E-state index is -1.12. The van der Waals surface area contributed by atoms with Gasteiger partial charge in [0, 0.05) is 10.9 Å². The fraction of sp³-hybridized carbons (Fsp3) is 0.417. The Labute approximate surface area is 209 Å². The van der Waals surface area contributed by atoms with Crippen molar-refractivity contribution in [1.29, 1.82) is 0 Å². The number of methoxy groups -OCH3 is 2. The van der Waals surface area contributed by atoms with Crippen molar-refractivity contribution in [2.45, 2.75) is 18.8 Å². The van der Waals surface area contributed by atoms with Crippen LogP contribution in [0.3, 0.4) is 0 Å². The van der Waals surface area contributed by atoms with Crippen LogP contribution in [-0.4, -0.2) is 64.9 Å². The molecule has 12 heteroatoms. The summed E-state index contributed by atoms with van der Waals surface area (Å²) in [7, 11) is 2.11. The van der Waals surface area contributed by atoms with Crippen LogP contribution in [0.2, 0.25) is 5.02 Å². The molecule has 0 unspecified atom stereocenters. The predicted octanol–water partition coefficient (Wildman–Crippen LogP) is 2.21. The third-order valence-corrected chi connectivity index (χ3v) is 8.01. The summed E-state index contributed by atoms with van der Waals surface area (Å²) in [6, 6.07) is 4.20. The quantitative estimate of drug-likeness (QED) is 0.438. The molecule has 2 saturated heterocycles. The highest BCUT2D eigenvalue weighted by Crippen LogP contribution is 2.58. The summed E-state index contributed by atoms with van der Waals surface area (Å²) in [5, 5.41) is 10.00. The number of fused-ring (bicyclic) bond motifs is 4. The van der Waals surface area contributed by atoms with E-state index in [1.54, 1.807) is 6.08 Å². The maximum atomic E-state index is 13.4. The number of aromatic hydroxyl groups is 1. The van der Waals surface area contributed by atoms with Gasteiger partial charge in [0.05, 0.1) is 37.9 Å². The van der Waals surface area contributed by atoms with E-state index in [1.807, 2.05) is 0 Å². The van der Waals surface area contributed by atoms with Gasteiger partial charge in [0.25, 0.3) is 0 Å². The number of carbonyl (C=O) groups is 6. The number of phenols is 1. The number of ether oxygens (including phenoxy) is 2. The minimum absolute atomic E-state index is 0.00989. The standard InChI is InChI=1S/C24H21ClN2O9/c1-35-23(33)26-19(29)12-6-5-10-13(17(12)21(26)31)8-14-18(22(32)27(20(14)30)24(34)36-2)16(10)11-4-3-9(28)7-15(11)25/h3-5,7,12-14,16-18,28H,6,8H2,1-2H3/t12-,13+,14+,16+,17-,18+/m0/s1. The van der Waals surface area contributed by atoms with Crippen molar-refractivity contribution in [3.8, 4) is 5.75 Å². The Kier molecular flexibility index (Phi) is 5.62. The molecule has 0 spiro atoms. The summed E-state index contributed by atoms with van der Waals surface area (Å²) >= 11 is 6.46. The van der Waals surface area contributed by atoms with Crippen molar-refractivity contribution < 1.29 is 43.3 Å². The first-order valence-electron chi connectivity index (χ1n) is 11.2. The van der Waals surface area contributed by atoms with E-state index in [1.165, 1.54) is 18.2 Å². The van der Waals surface area contributed by atoms with Crippen molar-refractivity contribution in [3.05, 3.63) is 40.4 Å². The van der Waals surface area contributed by atoms with E-state index in [4.69, 9.17) is 11.6 Å². The Morgan fingerprint density at radius 2 is 1.47 bits per heavy atom. The van der Waals surface area contributed by atoms with Crippen molar-refractivity contribution in [2.75, 3.05) is 14.2 Å². The molecule has 1 aromatic rings. The van der Waals surface area contributed by atoms with Crippen molar-refractivity contribution >= 4 is 47.4 Å². The van der Waals surface area contributed by atoms with Crippen LogP contribution >= 0.6 is 11.6 Å². The van der Waals surface area contributed by atoms with Crippen LogP contribution in [0, 0.1) is 29.6 Å². The number of nitrogens with zero attached hydrogens (tertiary/aromatic N) is 2. The number of hydrogen-bond donors (Lipinski definition) is 1. The first-order chi connectivity index (χ1) is 17.1. The van der Waals surface area contributed by atoms with E-state index in [0.29, 0.717) is 20.9 Å². The van der Waals surface area contributed by atoms with Crippen LogP contribution in [0.4, 0.5) is 9.59 Å². The summed E-state index contributed by atoms with van der Waals surface area (Å²) in [5.41, 5.74) is 1.04. The number of carbonyl (C=O) groups excluding carboxylic acids is 6. The fourth-order valence-corrected chi connectivity index (χ4v) is 6.54. The van der Waals surface area contributed by atoms with Gasteiger partial charge in [-0.25, -0.2) is 9.59 Å². The van der Waals surface area contributed by atoms with E-state index in [-0.39, 0.29) is 23.6 Å². The van der Waals surface area contributed by atoms with Gasteiger partial charge in [0.1, 0.15) is 5.75 Å². The monoisotopic (exact) mass is 516 g/mol. The number of allylic oxidation sites excluding steroid dienone is 2. The number of imide groups is 6. The summed E-state index contributed by atoms with van der Waals surface area (Å²) in [6.45, 7) is 0. The van der Waals surface area contributed by atoms with E-state index in [9.17, 15) is 33.9 Å². The lowest BCUT2D eigenvalue weighted by atomic mass is 9.57. The van der Waals surface area contributed by atoms with Gasteiger partial charge in [-0.3, -0.25) is 19.2 Å². The molecule has 6 atom stereocenters. The van der Waals surface area contributed by atoms with Gasteiger partial charge in [-0.15, -0.1) is 0 Å². The molecular formula is C24H21ClN2O9. The van der Waals surface area contributed by atoms with Crippen molar-refractivity contribution in [3.63, 3.8) is 0 Å². The molecule has 1 aromatic carbocycles. The summed E-state index contributed by atoms with van der Waals surface area (Å²) in [4.78, 5) is 78.3. The molecule has 0 bridgehead atoms. The molecule has 4 aliphatic rings. The third-order valence-electron chi connectivity index (χ3n) is 7.68. The fourth-order valence-electron chi connectivity index (χ4n) is 6.25. The number of halogens is 1. The lowest BCUT2D eigenvalue weighted by Crippen LogP contribution is -2.43. The lowest BCUT2D eigenvalue weighted by Gasteiger charge is -2.44. The zero-order valence-electron chi connectivity index (χ0n) is 19.2. The Hall–Kier alpha value is -3.73. The molecule has 5 rings (SSSR count). The maximum Gasteiger partial charge on any atom is 0.423 e. The first-order valence-corrected chi connectivity index (χ1v) is 11.6. The number of rotatable bonds is 1. The molecule has 3 fully saturated rings. The molecule has 1 N–H and O–H groups in total. The maximum absolute atomic E-state index is 13.4. The molecule has 2 aliphatic carbocycles. The van der Waals surface area contributed by atoms with Crippen LogP contribution in [0.1, 0.15) is 24.3 Å². The average Bonchev–Trinajstić information content (AvgIpc) is 3.26. The SMILES string of the molecule is COC(=O)N1C(=O)[C@H]2[C@H](CC=C3[C@H]2C[C@H]2C(=O)N(C(=O)OC)C(=O)[C@H]2[C@H]3c2ccc(O)cc2Cl)C1=O. The molecule has 188 valence electrons. The van der Waals surface area contributed by atoms with Gasteiger partial charge in [0.15, 0.2) is 0 Å². The topological polar surface area (TPSA) is 148 Å². The summed E-state index contributed by atoms with van der Waals surface area (Å²) < 4.78 is 9.27. The lowest BCUT2D eigenvalue weighted by molar-refractivity contribution is -0.139. The Morgan fingerprint density at radius 3 is 2.06 bits per heavy atom. The molecule has 2 aliphatic heterocycles. The predicted molar refractivity (Wildman–Crippen MR) is 119 cm³/mol. The molecule has 36 heavy (non-hydrogen) atoms. The van der Waals surface area contributed by atoms with Crippen LogP contribution in [0.25, 0.3) is 0 Å². The van der Waals surface area contributed by atoms with Crippen LogP contribution in [0.5, 0.6) is 5.75 Å². The number of hydrogen-bond acceptors (Lipinski definition) is 9. The minimum Gasteiger partial charge on any atom is -0.508 e. The summed E-state index contributed by atoms with van der Waals surface area (Å²) in [5.74, 6) is -8.33. The van der Waals surface area contributed by atoms with E-state index < -0.39 is 71.3 Å². The van der Waals surface area contributed by atoms with Gasteiger partial charge in [-0.2, -0.15) is 9.80 Å². The van der Waals surface area contributed by atoms with Gasteiger partial charge in [-0.1, -0.05) is 29.3 Å². The number of benzene rings is 1. The highest BCUT2D eigenvalue weighted by molar-refractivity contribution is 6.31. The smallest absolute Gasteiger partial charge is 0.423 e. The highest BCUT2D eigenvalue weighted by Gasteiger charge is 2.64. The van der Waals surface area contributed by atoms with Gasteiger partial charge < -0.3 is 14.6 Å². The normalized spacial score (nSPS) is 31.0. The van der Waals surface area contributed by atoms with Gasteiger partial charge in [-0.05, 0) is 36.5 Å². The second kappa shape index (κ2) is 8.44. The Balaban J connectivity index is 1.65. The number of likely N-dealkylation sites (tertiary alicyclic amines) is 2. The zero-order valence-corrected chi connectivity index (χ0v) is 19.9. The number of phenolic OH excluding ortho intramolecular Hbond substituents is 1. The van der Waals surface area contributed by atoms with Gasteiger partial charge in [0.2, 0.25) is 23.6 Å². The van der Waals surface area contributed by atoms with E-state index in [2.05, 4.69) is 9.47 Å². The molecule has 0 aromatic heterocycles. The summed E-state index contributed by atoms with van der Waals surface area (Å²) in [6.07, 6.45) is -0.317. The van der Waals surface area contributed by atoms with Crippen molar-refractivity contribution in [1.82, 2.24) is 9.80 Å². The van der Waals surface area contributed by atoms with Crippen LogP contribution in [0.15, 0.2) is 29.8 Å². The zero-order chi connectivity index (χ0) is 26.0. The Morgan fingerprint density at radius 1 is 0.889 bits per heavy atom. The second-order valence-corrected chi connectivity index (χ2v) is 9.60. The van der Waals surface area contributed by atoms with E-state index >= 15 is 0 Å². The second-order valence-electron chi connectivity index (χ2n) is 9.19. The first kappa shape index (κ1) is 24.0. The Bertz CT molecular complexity index is 1270. The molecule has 1 saturated carbocycles. The highest BCUT2D eigenvalue weighted by atomic mass is 35.5. The van der Waals surface area contributed by atoms with Crippen LogP contribution in [-0.2, 0) is 28.7 Å². The molecular weight excluding hydrogens is 496 g/mol. The van der Waals surface area contributed by atoms with Crippen molar-refractivity contribution in [2.24, 2.45) is 29.6 Å². The molecule has 0 radical (unpaired) electrons. The third kappa shape index (κ3) is 3.18. The molecule has 6 amide bonds. The average molecular weight is 517 g/mol. The molecule has 11 nitrogen and oxygen atoms in total. The largest absolute Gasteiger partial charge is 0.508 e. The molecule has 2 heterocycles.